The van der Waals surface area contributed by atoms with E-state index < -0.39 is 0 Å². The minimum absolute atomic E-state index is 0. The lowest BCUT2D eigenvalue weighted by molar-refractivity contribution is -0.131. The van der Waals surface area contributed by atoms with Gasteiger partial charge in [-0.15, -0.1) is 12.4 Å². The molecule has 0 spiro atoms. The van der Waals surface area contributed by atoms with E-state index in [-0.39, 0.29) is 24.4 Å². The Morgan fingerprint density at radius 1 is 1.38 bits per heavy atom. The van der Waals surface area contributed by atoms with Crippen LogP contribution in [-0.4, -0.2) is 43.2 Å². The van der Waals surface area contributed by atoms with Gasteiger partial charge in [-0.2, -0.15) is 0 Å². The van der Waals surface area contributed by atoms with Gasteiger partial charge < -0.3 is 15.4 Å². The average molecular weight is 249 g/mol. The van der Waals surface area contributed by atoms with Gasteiger partial charge in [-0.25, -0.2) is 0 Å². The first-order chi connectivity index (χ1) is 7.25. The lowest BCUT2D eigenvalue weighted by Gasteiger charge is -2.15. The molecule has 16 heavy (non-hydrogen) atoms. The summed E-state index contributed by atoms with van der Waals surface area (Å²) in [4.78, 5) is 13.5. The Bertz CT molecular complexity index is 234. The van der Waals surface area contributed by atoms with Crippen LogP contribution in [0.25, 0.3) is 0 Å². The molecule has 2 fully saturated rings. The largest absolute Gasteiger partial charge is 0.381 e. The van der Waals surface area contributed by atoms with Crippen LogP contribution in [0.5, 0.6) is 0 Å². The van der Waals surface area contributed by atoms with Gasteiger partial charge in [0, 0.05) is 25.7 Å². The van der Waals surface area contributed by atoms with Gasteiger partial charge in [0.05, 0.1) is 13.0 Å². The molecule has 1 amide bonds. The zero-order valence-electron chi connectivity index (χ0n) is 9.56. The summed E-state index contributed by atoms with van der Waals surface area (Å²) in [5.74, 6) is 0.971. The van der Waals surface area contributed by atoms with Crippen molar-refractivity contribution in [3.05, 3.63) is 0 Å². The van der Waals surface area contributed by atoms with Crippen LogP contribution in [-0.2, 0) is 9.53 Å². The summed E-state index contributed by atoms with van der Waals surface area (Å²) < 4.78 is 5.44. The summed E-state index contributed by atoms with van der Waals surface area (Å²) >= 11 is 0. The van der Waals surface area contributed by atoms with Crippen molar-refractivity contribution >= 4 is 18.3 Å². The zero-order valence-corrected chi connectivity index (χ0v) is 10.4. The van der Waals surface area contributed by atoms with Crippen molar-refractivity contribution in [1.29, 1.82) is 0 Å². The van der Waals surface area contributed by atoms with Crippen molar-refractivity contribution in [2.75, 3.05) is 26.3 Å². The number of amides is 1. The molecule has 1 aliphatic carbocycles. The molecule has 2 aliphatic rings. The molecular formula is C11H21ClN2O2. The second kappa shape index (κ2) is 6.42. The molecule has 4 nitrogen and oxygen atoms in total. The Morgan fingerprint density at radius 3 is 2.69 bits per heavy atom. The van der Waals surface area contributed by atoms with E-state index in [0.717, 1.165) is 32.0 Å². The number of ether oxygens (including phenoxy) is 1. The highest BCUT2D eigenvalue weighted by Gasteiger charge is 2.24. The van der Waals surface area contributed by atoms with E-state index in [1.807, 2.05) is 4.90 Å². The summed E-state index contributed by atoms with van der Waals surface area (Å²) in [5, 5.41) is 0. The first kappa shape index (κ1) is 13.7. The maximum Gasteiger partial charge on any atom is 0.224 e. The maximum atomic E-state index is 11.6. The molecule has 94 valence electrons. The van der Waals surface area contributed by atoms with Crippen LogP contribution in [0.15, 0.2) is 0 Å². The number of likely N-dealkylation sites (tertiary alicyclic amines) is 1. The van der Waals surface area contributed by atoms with Crippen molar-refractivity contribution in [1.82, 2.24) is 4.90 Å². The van der Waals surface area contributed by atoms with Crippen LogP contribution in [0.4, 0.5) is 0 Å². The topological polar surface area (TPSA) is 55.6 Å². The third kappa shape index (κ3) is 4.28. The Labute approximate surface area is 103 Å². The molecule has 0 unspecified atom stereocenters. The lowest BCUT2D eigenvalue weighted by Crippen LogP contribution is -2.32. The molecule has 2 N–H and O–H groups in total. The number of carbonyl (C=O) groups is 1. The van der Waals surface area contributed by atoms with E-state index in [0.29, 0.717) is 13.0 Å². The van der Waals surface area contributed by atoms with Crippen LogP contribution in [0.3, 0.4) is 0 Å². The third-order valence-electron chi connectivity index (χ3n) is 3.09. The van der Waals surface area contributed by atoms with Gasteiger partial charge in [0.2, 0.25) is 5.91 Å². The van der Waals surface area contributed by atoms with Crippen LogP contribution in [0.2, 0.25) is 0 Å². The number of hydrogen-bond donors (Lipinski definition) is 1. The minimum atomic E-state index is 0. The van der Waals surface area contributed by atoms with E-state index in [4.69, 9.17) is 10.5 Å². The molecule has 0 aromatic carbocycles. The van der Waals surface area contributed by atoms with Crippen molar-refractivity contribution in [3.8, 4) is 0 Å². The summed E-state index contributed by atoms with van der Waals surface area (Å²) in [6.45, 7) is 2.96. The van der Waals surface area contributed by atoms with Gasteiger partial charge in [-0.3, -0.25) is 4.79 Å². The summed E-state index contributed by atoms with van der Waals surface area (Å²) in [6, 6.07) is 0.182. The Kier molecular flexibility index (Phi) is 5.52. The number of nitrogens with zero attached hydrogens (tertiary/aromatic N) is 1. The van der Waals surface area contributed by atoms with Crippen LogP contribution in [0.1, 0.15) is 25.7 Å². The number of nitrogens with two attached hydrogens (primary N) is 1. The fraction of sp³-hybridized carbons (Fsp3) is 0.909. The second-order valence-electron chi connectivity index (χ2n) is 4.66. The Morgan fingerprint density at radius 2 is 2.12 bits per heavy atom. The van der Waals surface area contributed by atoms with Crippen LogP contribution >= 0.6 is 12.4 Å². The van der Waals surface area contributed by atoms with Crippen molar-refractivity contribution < 1.29 is 9.53 Å². The molecule has 5 heteroatoms. The first-order valence-corrected chi connectivity index (χ1v) is 5.87. The van der Waals surface area contributed by atoms with E-state index in [1.165, 1.54) is 12.8 Å². The number of hydrogen-bond acceptors (Lipinski definition) is 3. The molecule has 2 rings (SSSR count). The number of halogens is 1. The SMILES string of the molecule is Cl.N[C@H]1CCN(C(=O)CCOCC2CC2)C1. The molecule has 1 saturated heterocycles. The predicted octanol–water partition coefficient (Wildman–Crippen LogP) is 0.784. The lowest BCUT2D eigenvalue weighted by atomic mass is 10.3. The Hall–Kier alpha value is -0.320. The zero-order chi connectivity index (χ0) is 10.7. The third-order valence-corrected chi connectivity index (χ3v) is 3.09. The second-order valence-corrected chi connectivity index (χ2v) is 4.66. The molecule has 0 bridgehead atoms. The normalized spacial score (nSPS) is 24.3. The standard InChI is InChI=1S/C11H20N2O2.ClH/c12-10-3-5-13(7-10)11(14)4-6-15-8-9-1-2-9;/h9-10H,1-8,12H2;1H/t10-;/m0./s1. The smallest absolute Gasteiger partial charge is 0.224 e. The van der Waals surface area contributed by atoms with Crippen LogP contribution < -0.4 is 5.73 Å². The minimum Gasteiger partial charge on any atom is -0.381 e. The molecule has 1 atom stereocenters. The monoisotopic (exact) mass is 248 g/mol. The van der Waals surface area contributed by atoms with E-state index in [1.54, 1.807) is 0 Å². The highest BCUT2D eigenvalue weighted by molar-refractivity contribution is 5.85. The predicted molar refractivity (Wildman–Crippen MR) is 64.6 cm³/mol. The van der Waals surface area contributed by atoms with Crippen molar-refractivity contribution in [3.63, 3.8) is 0 Å². The maximum absolute atomic E-state index is 11.6. The molecule has 1 heterocycles. The molecular weight excluding hydrogens is 228 g/mol. The van der Waals surface area contributed by atoms with E-state index in [2.05, 4.69) is 0 Å². The number of rotatable bonds is 5. The van der Waals surface area contributed by atoms with E-state index in [9.17, 15) is 4.79 Å². The highest BCUT2D eigenvalue weighted by atomic mass is 35.5. The molecule has 0 aromatic heterocycles. The van der Waals surface area contributed by atoms with Crippen LogP contribution in [0, 0.1) is 5.92 Å². The van der Waals surface area contributed by atoms with Gasteiger partial charge >= 0.3 is 0 Å². The molecule has 0 radical (unpaired) electrons. The van der Waals surface area contributed by atoms with Crippen molar-refractivity contribution in [2.45, 2.75) is 31.7 Å². The average Bonchev–Trinajstić information content (AvgIpc) is 2.94. The highest BCUT2D eigenvalue weighted by Crippen LogP contribution is 2.28. The summed E-state index contributed by atoms with van der Waals surface area (Å²) in [5.41, 5.74) is 5.74. The fourth-order valence-electron chi connectivity index (χ4n) is 1.87. The van der Waals surface area contributed by atoms with Gasteiger partial charge in [-0.05, 0) is 25.2 Å². The first-order valence-electron chi connectivity index (χ1n) is 5.87. The van der Waals surface area contributed by atoms with Gasteiger partial charge in [0.1, 0.15) is 0 Å². The molecule has 1 aliphatic heterocycles. The Balaban J connectivity index is 0.00000128. The van der Waals surface area contributed by atoms with Gasteiger partial charge in [-0.1, -0.05) is 0 Å². The fourth-order valence-corrected chi connectivity index (χ4v) is 1.87. The summed E-state index contributed by atoms with van der Waals surface area (Å²) in [6.07, 6.45) is 4.05. The summed E-state index contributed by atoms with van der Waals surface area (Å²) in [7, 11) is 0. The van der Waals surface area contributed by atoms with Gasteiger partial charge in [0.25, 0.3) is 0 Å². The number of carbonyl (C=O) groups excluding carboxylic acids is 1. The van der Waals surface area contributed by atoms with E-state index >= 15 is 0 Å². The van der Waals surface area contributed by atoms with Crippen molar-refractivity contribution in [2.24, 2.45) is 11.7 Å². The quantitative estimate of drug-likeness (QED) is 0.732. The van der Waals surface area contributed by atoms with Gasteiger partial charge in [0.15, 0.2) is 0 Å². The molecule has 0 aromatic rings. The molecule has 1 saturated carbocycles.